The third-order valence-corrected chi connectivity index (χ3v) is 4.24. The quantitative estimate of drug-likeness (QED) is 0.729. The molecule has 3 aromatic rings. The second kappa shape index (κ2) is 6.80. The van der Waals surface area contributed by atoms with Crippen molar-refractivity contribution in [2.75, 3.05) is 13.1 Å². The number of piperidine rings is 1. The number of amides is 1. The van der Waals surface area contributed by atoms with Crippen molar-refractivity contribution in [3.8, 4) is 5.88 Å². The Balaban J connectivity index is 1.40. The fraction of sp³-hybridized carbons (Fsp3) is 0.278. The number of ether oxygens (including phenoxy) is 1. The summed E-state index contributed by atoms with van der Waals surface area (Å²) >= 11 is 0. The lowest BCUT2D eigenvalue weighted by Gasteiger charge is -2.31. The summed E-state index contributed by atoms with van der Waals surface area (Å²) in [6.45, 7) is 1.26. The smallest absolute Gasteiger partial charge is 0.274 e. The van der Waals surface area contributed by atoms with Crippen LogP contribution in [0.1, 0.15) is 23.3 Å². The number of nitrogens with zero attached hydrogens (tertiary/aromatic N) is 5. The van der Waals surface area contributed by atoms with E-state index in [1.807, 2.05) is 24.3 Å². The number of likely N-dealkylation sites (tertiary alicyclic amines) is 1. The molecule has 7 nitrogen and oxygen atoms in total. The normalized spacial score (nSPS) is 15.3. The number of aromatic nitrogens is 4. The zero-order chi connectivity index (χ0) is 17.1. The van der Waals surface area contributed by atoms with Gasteiger partial charge in [-0.05, 0) is 12.1 Å². The van der Waals surface area contributed by atoms with E-state index in [-0.39, 0.29) is 12.0 Å². The van der Waals surface area contributed by atoms with Crippen LogP contribution in [0.4, 0.5) is 0 Å². The molecule has 0 radical (unpaired) electrons. The van der Waals surface area contributed by atoms with Gasteiger partial charge in [-0.25, -0.2) is 15.0 Å². The molecule has 0 aliphatic carbocycles. The second-order valence-electron chi connectivity index (χ2n) is 5.90. The number of fused-ring (bicyclic) bond motifs is 1. The Morgan fingerprint density at radius 2 is 1.88 bits per heavy atom. The Morgan fingerprint density at radius 1 is 1.08 bits per heavy atom. The number of rotatable bonds is 3. The molecule has 1 saturated heterocycles. The van der Waals surface area contributed by atoms with E-state index in [9.17, 15) is 4.79 Å². The van der Waals surface area contributed by atoms with Gasteiger partial charge in [0.05, 0.1) is 17.2 Å². The van der Waals surface area contributed by atoms with Crippen LogP contribution in [0.15, 0.2) is 49.1 Å². The summed E-state index contributed by atoms with van der Waals surface area (Å²) in [5, 5.41) is 0. The first kappa shape index (κ1) is 15.4. The highest BCUT2D eigenvalue weighted by Crippen LogP contribution is 2.18. The van der Waals surface area contributed by atoms with Crippen LogP contribution in [0.5, 0.6) is 5.88 Å². The fourth-order valence-electron chi connectivity index (χ4n) is 2.92. The number of hydrogen-bond acceptors (Lipinski definition) is 6. The topological polar surface area (TPSA) is 81.1 Å². The summed E-state index contributed by atoms with van der Waals surface area (Å²) in [4.78, 5) is 31.2. The standard InChI is InChI=1S/C18H17N5O2/c24-18(16-11-20-14-3-1-2-4-15(14)22-16)23-9-6-13(7-10-23)25-17-5-8-19-12-21-17/h1-5,8,11-13H,6-7,9-10H2. The molecule has 2 aromatic heterocycles. The van der Waals surface area contributed by atoms with Gasteiger partial charge in [0.1, 0.15) is 18.1 Å². The van der Waals surface area contributed by atoms with Crippen LogP contribution in [-0.2, 0) is 0 Å². The molecule has 3 heterocycles. The van der Waals surface area contributed by atoms with Crippen LogP contribution in [0.2, 0.25) is 0 Å². The first-order chi connectivity index (χ1) is 12.3. The zero-order valence-corrected chi connectivity index (χ0v) is 13.6. The average molecular weight is 335 g/mol. The van der Waals surface area contributed by atoms with E-state index in [4.69, 9.17) is 4.74 Å². The summed E-state index contributed by atoms with van der Waals surface area (Å²) in [5.41, 5.74) is 1.90. The second-order valence-corrected chi connectivity index (χ2v) is 5.90. The maximum atomic E-state index is 12.7. The van der Waals surface area contributed by atoms with Gasteiger partial charge >= 0.3 is 0 Å². The molecule has 1 aromatic carbocycles. The van der Waals surface area contributed by atoms with Crippen LogP contribution >= 0.6 is 0 Å². The molecule has 0 spiro atoms. The highest BCUT2D eigenvalue weighted by molar-refractivity contribution is 5.93. The fourth-order valence-corrected chi connectivity index (χ4v) is 2.92. The van der Waals surface area contributed by atoms with Crippen LogP contribution in [0.3, 0.4) is 0 Å². The van der Waals surface area contributed by atoms with Gasteiger partial charge in [0.15, 0.2) is 0 Å². The molecule has 7 heteroatoms. The Labute approximate surface area is 144 Å². The lowest BCUT2D eigenvalue weighted by Crippen LogP contribution is -2.42. The monoisotopic (exact) mass is 335 g/mol. The molecular formula is C18H17N5O2. The van der Waals surface area contributed by atoms with Crippen LogP contribution in [0.25, 0.3) is 11.0 Å². The van der Waals surface area contributed by atoms with Gasteiger partial charge in [-0.2, -0.15) is 0 Å². The lowest BCUT2D eigenvalue weighted by molar-refractivity contribution is 0.0582. The first-order valence-corrected chi connectivity index (χ1v) is 8.23. The van der Waals surface area contributed by atoms with Crippen LogP contribution in [-0.4, -0.2) is 49.9 Å². The molecule has 25 heavy (non-hydrogen) atoms. The minimum absolute atomic E-state index is 0.0571. The molecule has 0 N–H and O–H groups in total. The summed E-state index contributed by atoms with van der Waals surface area (Å²) in [6, 6.07) is 9.28. The Bertz CT molecular complexity index is 879. The minimum atomic E-state index is -0.0845. The van der Waals surface area contributed by atoms with Gasteiger partial charge in [-0.3, -0.25) is 9.78 Å². The summed E-state index contributed by atoms with van der Waals surface area (Å²) in [5.74, 6) is 0.485. The minimum Gasteiger partial charge on any atom is -0.474 e. The molecule has 1 aliphatic heterocycles. The van der Waals surface area contributed by atoms with Gasteiger partial charge < -0.3 is 9.64 Å². The van der Waals surface area contributed by atoms with Crippen molar-refractivity contribution in [2.24, 2.45) is 0 Å². The van der Waals surface area contributed by atoms with Crippen molar-refractivity contribution < 1.29 is 9.53 Å². The third kappa shape index (κ3) is 3.40. The number of benzene rings is 1. The predicted octanol–water partition coefficient (Wildman–Crippen LogP) is 2.10. The van der Waals surface area contributed by atoms with Crippen molar-refractivity contribution in [3.05, 3.63) is 54.7 Å². The lowest BCUT2D eigenvalue weighted by atomic mass is 10.1. The van der Waals surface area contributed by atoms with Crippen molar-refractivity contribution in [1.29, 1.82) is 0 Å². The van der Waals surface area contributed by atoms with Gasteiger partial charge in [0, 0.05) is 38.2 Å². The molecular weight excluding hydrogens is 318 g/mol. The Morgan fingerprint density at radius 3 is 2.64 bits per heavy atom. The zero-order valence-electron chi connectivity index (χ0n) is 13.6. The molecule has 4 rings (SSSR count). The summed E-state index contributed by atoms with van der Waals surface area (Å²) < 4.78 is 5.83. The molecule has 1 aliphatic rings. The largest absolute Gasteiger partial charge is 0.474 e. The van der Waals surface area contributed by atoms with Crippen LogP contribution < -0.4 is 4.74 Å². The number of hydrogen-bond donors (Lipinski definition) is 0. The molecule has 0 bridgehead atoms. The van der Waals surface area contributed by atoms with Crippen LogP contribution in [0, 0.1) is 0 Å². The predicted molar refractivity (Wildman–Crippen MR) is 91.1 cm³/mol. The Kier molecular flexibility index (Phi) is 4.20. The maximum Gasteiger partial charge on any atom is 0.274 e. The number of carbonyl (C=O) groups is 1. The van der Waals surface area contributed by atoms with Gasteiger partial charge in [-0.15, -0.1) is 0 Å². The van der Waals surface area contributed by atoms with Crippen molar-refractivity contribution >= 4 is 16.9 Å². The number of para-hydroxylation sites is 2. The highest BCUT2D eigenvalue weighted by Gasteiger charge is 2.26. The molecule has 126 valence electrons. The molecule has 1 amide bonds. The van der Waals surface area contributed by atoms with E-state index in [0.717, 1.165) is 23.9 Å². The maximum absolute atomic E-state index is 12.7. The van der Waals surface area contributed by atoms with E-state index in [1.54, 1.807) is 23.4 Å². The van der Waals surface area contributed by atoms with Crippen molar-refractivity contribution in [3.63, 3.8) is 0 Å². The van der Waals surface area contributed by atoms with Gasteiger partial charge in [0.2, 0.25) is 5.88 Å². The van der Waals surface area contributed by atoms with E-state index < -0.39 is 0 Å². The van der Waals surface area contributed by atoms with Gasteiger partial charge in [0.25, 0.3) is 5.91 Å². The van der Waals surface area contributed by atoms with E-state index in [2.05, 4.69) is 19.9 Å². The summed E-state index contributed by atoms with van der Waals surface area (Å²) in [6.07, 6.45) is 6.24. The van der Waals surface area contributed by atoms with E-state index in [1.165, 1.54) is 6.33 Å². The van der Waals surface area contributed by atoms with E-state index in [0.29, 0.717) is 24.7 Å². The highest BCUT2D eigenvalue weighted by atomic mass is 16.5. The van der Waals surface area contributed by atoms with Crippen molar-refractivity contribution in [2.45, 2.75) is 18.9 Å². The molecule has 0 atom stereocenters. The Hall–Kier alpha value is -3.09. The molecule has 0 saturated carbocycles. The van der Waals surface area contributed by atoms with Crippen molar-refractivity contribution in [1.82, 2.24) is 24.8 Å². The molecule has 1 fully saturated rings. The molecule has 0 unspecified atom stereocenters. The van der Waals surface area contributed by atoms with Gasteiger partial charge in [-0.1, -0.05) is 12.1 Å². The SMILES string of the molecule is O=C(c1cnc2ccccc2n1)N1CCC(Oc2ccncn2)CC1. The van der Waals surface area contributed by atoms with E-state index >= 15 is 0 Å². The third-order valence-electron chi connectivity index (χ3n) is 4.24. The summed E-state index contributed by atoms with van der Waals surface area (Å²) in [7, 11) is 0. The first-order valence-electron chi connectivity index (χ1n) is 8.23. The average Bonchev–Trinajstić information content (AvgIpc) is 2.68. The number of carbonyl (C=O) groups excluding carboxylic acids is 1.